The number of carboxylic acid groups (broad SMARTS) is 1. The van der Waals surface area contributed by atoms with Gasteiger partial charge in [-0.05, 0) is 58.3 Å². The molecule has 0 aliphatic rings. The minimum Gasteiger partial charge on any atom is -0.480 e. The van der Waals surface area contributed by atoms with Crippen molar-refractivity contribution in [1.29, 1.82) is 0 Å². The number of guanidine groups is 2. The molecular weight excluding hydrogens is 848 g/mol. The first-order valence-corrected chi connectivity index (χ1v) is 20.2. The molecule has 0 rings (SSSR count). The summed E-state index contributed by atoms with van der Waals surface area (Å²) in [5.41, 5.74) is 37.6. The van der Waals surface area contributed by atoms with E-state index in [1.54, 1.807) is 13.8 Å². The SMILES string of the molecule is CC(C)C[C@H](NC(=O)[C@H](CC(N)=O)NC(=O)[C@H](C)NC(=O)[C@H](CCCN=C(N)N)NC(=O)[C@H](CCC(N)=O)NC(=O)[C@@H](N)CO)C(=O)N[C@@H](CCCN=C(N)N)C(=O)N[C@@H](C)C(=O)O. The van der Waals surface area contributed by atoms with Gasteiger partial charge in [0, 0.05) is 19.5 Å². The zero-order chi connectivity index (χ0) is 49.3. The Hall–Kier alpha value is -6.84. The topological polar surface area (TPSA) is 502 Å². The molecule has 0 fully saturated rings. The van der Waals surface area contributed by atoms with Gasteiger partial charge in [-0.25, -0.2) is 0 Å². The monoisotopic (exact) mass is 915 g/mol. The van der Waals surface area contributed by atoms with Gasteiger partial charge < -0.3 is 87.6 Å². The van der Waals surface area contributed by atoms with E-state index in [2.05, 4.69) is 47.2 Å². The summed E-state index contributed by atoms with van der Waals surface area (Å²) >= 11 is 0. The van der Waals surface area contributed by atoms with Gasteiger partial charge in [-0.1, -0.05) is 13.8 Å². The number of rotatable bonds is 31. The van der Waals surface area contributed by atoms with E-state index in [1.165, 1.54) is 13.8 Å². The molecule has 0 bridgehead atoms. The van der Waals surface area contributed by atoms with Crippen LogP contribution in [0.5, 0.6) is 0 Å². The van der Waals surface area contributed by atoms with Crippen LogP contribution in [0.3, 0.4) is 0 Å². The lowest BCUT2D eigenvalue weighted by atomic mass is 10.0. The average Bonchev–Trinajstić information content (AvgIpc) is 3.19. The highest BCUT2D eigenvalue weighted by Crippen LogP contribution is 2.09. The highest BCUT2D eigenvalue weighted by Gasteiger charge is 2.34. The number of aliphatic carboxylic acids is 1. The third kappa shape index (κ3) is 24.0. The molecule has 0 aromatic carbocycles. The molecule has 0 saturated carbocycles. The number of carboxylic acids is 1. The minimum absolute atomic E-state index is 0.00214. The lowest BCUT2D eigenvalue weighted by Gasteiger charge is -2.27. The molecular formula is C36H66N16O12. The Morgan fingerprint density at radius 2 is 0.891 bits per heavy atom. The van der Waals surface area contributed by atoms with Crippen LogP contribution in [-0.4, -0.2) is 149 Å². The van der Waals surface area contributed by atoms with E-state index in [0.29, 0.717) is 0 Å². The molecule has 0 aromatic rings. The molecule has 28 nitrogen and oxygen atoms in total. The fraction of sp³-hybridized carbons (Fsp3) is 0.667. The van der Waals surface area contributed by atoms with Crippen LogP contribution >= 0.6 is 0 Å². The van der Waals surface area contributed by atoms with Crippen molar-refractivity contribution >= 4 is 71.1 Å². The van der Waals surface area contributed by atoms with E-state index >= 15 is 0 Å². The fourth-order valence-electron chi connectivity index (χ4n) is 5.44. The Balaban J connectivity index is 6.34. The van der Waals surface area contributed by atoms with E-state index < -0.39 is 120 Å². The van der Waals surface area contributed by atoms with Crippen molar-refractivity contribution in [3.05, 3.63) is 0 Å². The fourth-order valence-corrected chi connectivity index (χ4v) is 5.44. The van der Waals surface area contributed by atoms with Crippen molar-refractivity contribution in [2.45, 2.75) is 127 Å². The predicted octanol–water partition coefficient (Wildman–Crippen LogP) is -7.88. The van der Waals surface area contributed by atoms with E-state index in [4.69, 9.17) is 40.1 Å². The third-order valence-corrected chi connectivity index (χ3v) is 8.86. The molecule has 362 valence electrons. The summed E-state index contributed by atoms with van der Waals surface area (Å²) in [6.07, 6.45) is -1.42. The van der Waals surface area contributed by atoms with Gasteiger partial charge in [0.05, 0.1) is 13.0 Å². The Kier molecular flexibility index (Phi) is 26.3. The molecule has 23 N–H and O–H groups in total. The van der Waals surface area contributed by atoms with Crippen LogP contribution in [0.25, 0.3) is 0 Å². The number of hydrogen-bond donors (Lipinski definition) is 16. The van der Waals surface area contributed by atoms with E-state index in [-0.39, 0.29) is 75.9 Å². The molecule has 0 aromatic heterocycles. The molecule has 64 heavy (non-hydrogen) atoms. The van der Waals surface area contributed by atoms with E-state index in [9.17, 15) is 58.2 Å². The number of aliphatic hydroxyl groups excluding tert-OH is 1. The average molecular weight is 915 g/mol. The van der Waals surface area contributed by atoms with Crippen LogP contribution < -0.4 is 77.4 Å². The molecule has 0 spiro atoms. The van der Waals surface area contributed by atoms with Crippen LogP contribution in [0.4, 0.5) is 0 Å². The molecule has 0 saturated heterocycles. The summed E-state index contributed by atoms with van der Waals surface area (Å²) in [6, 6.07) is -11.5. The smallest absolute Gasteiger partial charge is 0.325 e. The summed E-state index contributed by atoms with van der Waals surface area (Å²) in [7, 11) is 0. The van der Waals surface area contributed by atoms with Gasteiger partial charge in [0.15, 0.2) is 11.9 Å². The third-order valence-electron chi connectivity index (χ3n) is 8.86. The molecule has 0 radical (unpaired) electrons. The first kappa shape index (κ1) is 57.2. The highest BCUT2D eigenvalue weighted by atomic mass is 16.4. The molecule has 0 aliphatic carbocycles. The zero-order valence-corrected chi connectivity index (χ0v) is 36.4. The van der Waals surface area contributed by atoms with Gasteiger partial charge in [0.2, 0.25) is 53.2 Å². The maximum atomic E-state index is 13.7. The standard InChI is InChI=1S/C36H66N16O12/c1-16(2)13-23(32(61)50-21(8-6-12-45-36(42)43)30(59)47-18(4)34(63)64)52-33(62)24(14-26(39)55)51-27(56)17(3)46-29(58)20(7-5-11-44-35(40)41)49-31(60)22(9-10-25(38)54)48-28(57)19(37)15-53/h16-24,53H,5-15,37H2,1-4H3,(H2,38,54)(H2,39,55)(H,46,58)(H,47,59)(H,48,57)(H,49,60)(H,50,61)(H,51,56)(H,52,62)(H,63,64)(H4,40,41,44)(H4,42,43,45)/t17-,18-,19-,20-,21-,22-,23-,24-/m0/s1. The molecule has 0 unspecified atom stereocenters. The van der Waals surface area contributed by atoms with Gasteiger partial charge in [0.1, 0.15) is 48.3 Å². The summed E-state index contributed by atoms with van der Waals surface area (Å²) in [4.78, 5) is 136. The normalized spacial score (nSPS) is 14.5. The maximum Gasteiger partial charge on any atom is 0.325 e. The second-order valence-corrected chi connectivity index (χ2v) is 15.1. The Morgan fingerprint density at radius 3 is 1.31 bits per heavy atom. The summed E-state index contributed by atoms with van der Waals surface area (Å²) < 4.78 is 0. The van der Waals surface area contributed by atoms with Gasteiger partial charge >= 0.3 is 5.97 Å². The molecule has 9 amide bonds. The largest absolute Gasteiger partial charge is 0.480 e. The second-order valence-electron chi connectivity index (χ2n) is 15.1. The number of primary amides is 2. The Morgan fingerprint density at radius 1 is 0.500 bits per heavy atom. The predicted molar refractivity (Wildman–Crippen MR) is 229 cm³/mol. The van der Waals surface area contributed by atoms with Crippen molar-refractivity contribution in [3.63, 3.8) is 0 Å². The van der Waals surface area contributed by atoms with Gasteiger partial charge in [-0.2, -0.15) is 0 Å². The molecule has 28 heteroatoms. The summed E-state index contributed by atoms with van der Waals surface area (Å²) in [5.74, 6) is -10.6. The first-order valence-electron chi connectivity index (χ1n) is 20.2. The lowest BCUT2D eigenvalue weighted by Crippen LogP contribution is -2.60. The van der Waals surface area contributed by atoms with Crippen molar-refractivity contribution < 1.29 is 58.2 Å². The molecule has 8 atom stereocenters. The number of nitrogens with zero attached hydrogens (tertiary/aromatic N) is 2. The maximum absolute atomic E-state index is 13.7. The second kappa shape index (κ2) is 29.5. The van der Waals surface area contributed by atoms with Crippen LogP contribution in [0, 0.1) is 5.92 Å². The minimum atomic E-state index is -1.71. The summed E-state index contributed by atoms with van der Waals surface area (Å²) in [6.45, 7) is 5.13. The van der Waals surface area contributed by atoms with Gasteiger partial charge in [0.25, 0.3) is 0 Å². The number of carbonyl (C=O) groups is 10. The van der Waals surface area contributed by atoms with Crippen molar-refractivity contribution in [2.75, 3.05) is 19.7 Å². The highest BCUT2D eigenvalue weighted by molar-refractivity contribution is 5.98. The van der Waals surface area contributed by atoms with Crippen LogP contribution in [-0.2, 0) is 47.9 Å². The Labute approximate surface area is 369 Å². The number of aliphatic hydroxyl groups is 1. The van der Waals surface area contributed by atoms with Crippen LogP contribution in [0.15, 0.2) is 9.98 Å². The first-order chi connectivity index (χ1) is 29.8. The number of aliphatic imine (C=N–C) groups is 2. The Bertz CT molecular complexity index is 1700. The summed E-state index contributed by atoms with van der Waals surface area (Å²) in [5, 5.41) is 35.1. The van der Waals surface area contributed by atoms with Gasteiger partial charge in [-0.3, -0.25) is 57.9 Å². The molecule has 0 heterocycles. The number of amides is 9. The van der Waals surface area contributed by atoms with Crippen LogP contribution in [0.1, 0.15) is 79.1 Å². The number of nitrogens with one attached hydrogen (secondary N) is 7. The number of nitrogens with two attached hydrogens (primary N) is 7. The lowest BCUT2D eigenvalue weighted by molar-refractivity contribution is -0.142. The van der Waals surface area contributed by atoms with Crippen molar-refractivity contribution in [2.24, 2.45) is 56.0 Å². The number of hydrogen-bond acceptors (Lipinski definition) is 14. The molecule has 0 aliphatic heterocycles. The number of carbonyl (C=O) groups excluding carboxylic acids is 9. The van der Waals surface area contributed by atoms with E-state index in [1.807, 2.05) is 0 Å². The quantitative estimate of drug-likeness (QED) is 0.0174. The zero-order valence-electron chi connectivity index (χ0n) is 36.4. The van der Waals surface area contributed by atoms with Crippen molar-refractivity contribution in [3.8, 4) is 0 Å². The van der Waals surface area contributed by atoms with Gasteiger partial charge in [-0.15, -0.1) is 0 Å². The van der Waals surface area contributed by atoms with Crippen LogP contribution in [0.2, 0.25) is 0 Å². The van der Waals surface area contributed by atoms with E-state index in [0.717, 1.165) is 0 Å². The van der Waals surface area contributed by atoms with Crippen molar-refractivity contribution in [1.82, 2.24) is 37.2 Å².